The fourth-order valence-corrected chi connectivity index (χ4v) is 3.49. The Bertz CT molecular complexity index is 684. The summed E-state index contributed by atoms with van der Waals surface area (Å²) in [7, 11) is 0. The molecule has 0 aliphatic carbocycles. The van der Waals surface area contributed by atoms with Crippen molar-refractivity contribution in [3.05, 3.63) is 0 Å². The van der Waals surface area contributed by atoms with E-state index < -0.39 is 5.54 Å². The van der Waals surface area contributed by atoms with Gasteiger partial charge in [0.2, 0.25) is 23.6 Å². The van der Waals surface area contributed by atoms with Crippen LogP contribution in [0.25, 0.3) is 0 Å². The van der Waals surface area contributed by atoms with Crippen LogP contribution in [0.4, 0.5) is 0 Å². The van der Waals surface area contributed by atoms with E-state index in [4.69, 9.17) is 31.4 Å². The molecule has 15 heteroatoms. The third-order valence-corrected chi connectivity index (χ3v) is 5.80. The topological polar surface area (TPSA) is 239 Å². The number of hydrogen-bond acceptors (Lipinski definition) is 11. The molecule has 0 aromatic heterocycles. The summed E-state index contributed by atoms with van der Waals surface area (Å²) in [6.45, 7) is 2.85. The summed E-state index contributed by atoms with van der Waals surface area (Å²) in [6.07, 6.45) is 3.72. The monoisotopic (exact) mass is 603 g/mol. The second-order valence-electron chi connectivity index (χ2n) is 9.77. The minimum absolute atomic E-state index is 0.0616. The third-order valence-electron chi connectivity index (χ3n) is 5.80. The Morgan fingerprint density at radius 2 is 0.952 bits per heavy atom. The molecule has 0 rings (SSSR count). The van der Waals surface area contributed by atoms with E-state index in [2.05, 4.69) is 21.3 Å². The van der Waals surface area contributed by atoms with Gasteiger partial charge in [0.05, 0.1) is 39.6 Å². The summed E-state index contributed by atoms with van der Waals surface area (Å²) in [5.74, 6) is -0.923. The maximum atomic E-state index is 12.8. The molecule has 10 N–H and O–H groups in total. The van der Waals surface area contributed by atoms with Crippen LogP contribution in [0.2, 0.25) is 0 Å². The van der Waals surface area contributed by atoms with Crippen molar-refractivity contribution in [1.82, 2.24) is 21.3 Å². The van der Waals surface area contributed by atoms with Crippen LogP contribution in [0.3, 0.4) is 0 Å². The molecular formula is C27H53N7O8. The molecule has 15 nitrogen and oxygen atoms in total. The number of rotatable bonds is 29. The molecule has 0 aliphatic heterocycles. The first-order chi connectivity index (χ1) is 20.3. The Morgan fingerprint density at radius 1 is 0.571 bits per heavy atom. The van der Waals surface area contributed by atoms with E-state index in [1.807, 2.05) is 0 Å². The highest BCUT2D eigenvalue weighted by Crippen LogP contribution is 2.12. The lowest BCUT2D eigenvalue weighted by Crippen LogP contribution is -2.58. The first-order valence-corrected chi connectivity index (χ1v) is 14.7. The molecule has 0 bridgehead atoms. The van der Waals surface area contributed by atoms with E-state index >= 15 is 0 Å². The van der Waals surface area contributed by atoms with Crippen LogP contribution in [0.5, 0.6) is 0 Å². The standard InChI is InChI=1S/C27H53N7O8/c28-10-3-13-31-23(36)7-17-40-20-27(34-26(39)6-1-2-16-35,21-41-18-8-24(37)32-14-4-11-29)22-42-19-9-25(38)33-15-5-12-30/h16H,1-15,17-22,28-30H2,(H,31,36)(H,32,37)(H,33,38)(H,34,39). The maximum Gasteiger partial charge on any atom is 0.222 e. The van der Waals surface area contributed by atoms with Gasteiger partial charge in [-0.25, -0.2) is 0 Å². The van der Waals surface area contributed by atoms with Crippen molar-refractivity contribution in [3.63, 3.8) is 0 Å². The molecule has 0 saturated carbocycles. The van der Waals surface area contributed by atoms with Crippen LogP contribution in [0, 0.1) is 0 Å². The van der Waals surface area contributed by atoms with E-state index in [9.17, 15) is 24.0 Å². The van der Waals surface area contributed by atoms with Gasteiger partial charge in [-0.15, -0.1) is 0 Å². The molecule has 0 aromatic carbocycles. The van der Waals surface area contributed by atoms with Crippen molar-refractivity contribution in [3.8, 4) is 0 Å². The van der Waals surface area contributed by atoms with Crippen LogP contribution in [0.15, 0.2) is 0 Å². The van der Waals surface area contributed by atoms with Gasteiger partial charge in [0.25, 0.3) is 0 Å². The predicted octanol–water partition coefficient (Wildman–Crippen LogP) is -2.17. The quantitative estimate of drug-likeness (QED) is 0.0358. The van der Waals surface area contributed by atoms with Crippen LogP contribution >= 0.6 is 0 Å². The second kappa shape index (κ2) is 27.2. The first kappa shape index (κ1) is 39.3. The number of amides is 4. The van der Waals surface area contributed by atoms with E-state index in [1.54, 1.807) is 0 Å². The molecule has 0 aliphatic rings. The van der Waals surface area contributed by atoms with Gasteiger partial charge < -0.3 is 57.5 Å². The lowest BCUT2D eigenvalue weighted by atomic mass is 10.0. The maximum absolute atomic E-state index is 12.8. The number of nitrogens with two attached hydrogens (primary N) is 3. The SMILES string of the molecule is NCCCNC(=O)CCOCC(COCCC(=O)NCCCN)(COCCC(=O)NCCCN)NC(=O)CCCC=O. The number of ether oxygens (including phenoxy) is 3. The number of carbonyl (C=O) groups excluding carboxylic acids is 5. The Balaban J connectivity index is 5.29. The van der Waals surface area contributed by atoms with Gasteiger partial charge in [-0.2, -0.15) is 0 Å². The summed E-state index contributed by atoms with van der Waals surface area (Å²) < 4.78 is 17.4. The molecule has 0 unspecified atom stereocenters. The van der Waals surface area contributed by atoms with Crippen molar-refractivity contribution in [2.45, 2.75) is 63.3 Å². The number of carbonyl (C=O) groups is 5. The fourth-order valence-electron chi connectivity index (χ4n) is 3.49. The fraction of sp³-hybridized carbons (Fsp3) is 0.815. The average molecular weight is 604 g/mol. The van der Waals surface area contributed by atoms with Gasteiger partial charge in [0.1, 0.15) is 11.8 Å². The average Bonchev–Trinajstić information content (AvgIpc) is 2.96. The Morgan fingerprint density at radius 3 is 1.29 bits per heavy atom. The van der Waals surface area contributed by atoms with E-state index in [0.29, 0.717) is 65.0 Å². The molecule has 0 heterocycles. The molecule has 0 saturated heterocycles. The smallest absolute Gasteiger partial charge is 0.222 e. The zero-order valence-electron chi connectivity index (χ0n) is 24.9. The van der Waals surface area contributed by atoms with Crippen LogP contribution in [0.1, 0.15) is 57.8 Å². The minimum Gasteiger partial charge on any atom is -0.378 e. The number of unbranched alkanes of at least 4 members (excludes halogenated alkanes) is 1. The van der Waals surface area contributed by atoms with Gasteiger partial charge in [-0.05, 0) is 45.3 Å². The van der Waals surface area contributed by atoms with Crippen LogP contribution in [-0.4, -0.2) is 114 Å². The molecule has 0 atom stereocenters. The minimum atomic E-state index is -1.18. The van der Waals surface area contributed by atoms with Crippen LogP contribution < -0.4 is 38.5 Å². The number of aldehydes is 1. The van der Waals surface area contributed by atoms with Gasteiger partial charge in [0, 0.05) is 51.7 Å². The van der Waals surface area contributed by atoms with Gasteiger partial charge in [-0.1, -0.05) is 0 Å². The zero-order chi connectivity index (χ0) is 31.3. The van der Waals surface area contributed by atoms with E-state index in [1.165, 1.54) is 0 Å². The molecule has 0 fully saturated rings. The second-order valence-corrected chi connectivity index (χ2v) is 9.77. The van der Waals surface area contributed by atoms with Gasteiger partial charge >= 0.3 is 0 Å². The highest BCUT2D eigenvalue weighted by Gasteiger charge is 2.34. The van der Waals surface area contributed by atoms with Crippen molar-refractivity contribution in [2.24, 2.45) is 17.2 Å². The number of hydrogen-bond donors (Lipinski definition) is 7. The molecule has 244 valence electrons. The molecule has 4 amide bonds. The van der Waals surface area contributed by atoms with Crippen molar-refractivity contribution < 1.29 is 38.2 Å². The molecular weight excluding hydrogens is 550 g/mol. The predicted molar refractivity (Wildman–Crippen MR) is 157 cm³/mol. The molecule has 0 radical (unpaired) electrons. The normalized spacial score (nSPS) is 11.1. The van der Waals surface area contributed by atoms with E-state index in [-0.39, 0.29) is 95.4 Å². The Labute approximate surface area is 249 Å². The highest BCUT2D eigenvalue weighted by molar-refractivity contribution is 5.77. The van der Waals surface area contributed by atoms with Gasteiger partial charge in [0.15, 0.2) is 0 Å². The van der Waals surface area contributed by atoms with Crippen molar-refractivity contribution >= 4 is 29.9 Å². The Hall–Kier alpha value is -2.69. The van der Waals surface area contributed by atoms with Crippen LogP contribution in [-0.2, 0) is 38.2 Å². The highest BCUT2D eigenvalue weighted by atomic mass is 16.5. The zero-order valence-corrected chi connectivity index (χ0v) is 24.9. The van der Waals surface area contributed by atoms with Crippen molar-refractivity contribution in [1.29, 1.82) is 0 Å². The summed E-state index contributed by atoms with van der Waals surface area (Å²) in [5.41, 5.74) is 15.2. The molecule has 0 spiro atoms. The molecule has 42 heavy (non-hydrogen) atoms. The summed E-state index contributed by atoms with van der Waals surface area (Å²) in [6, 6.07) is 0. The number of nitrogens with one attached hydrogen (secondary N) is 4. The largest absolute Gasteiger partial charge is 0.378 e. The van der Waals surface area contributed by atoms with Crippen molar-refractivity contribution in [2.75, 3.05) is 78.9 Å². The Kier molecular flexibility index (Phi) is 25.4. The first-order valence-electron chi connectivity index (χ1n) is 14.7. The summed E-state index contributed by atoms with van der Waals surface area (Å²) >= 11 is 0. The molecule has 0 aromatic rings. The summed E-state index contributed by atoms with van der Waals surface area (Å²) in [4.78, 5) is 59.6. The lowest BCUT2D eigenvalue weighted by molar-refractivity contribution is -0.130. The van der Waals surface area contributed by atoms with Gasteiger partial charge in [-0.3, -0.25) is 19.2 Å². The lowest BCUT2D eigenvalue weighted by Gasteiger charge is -2.34. The summed E-state index contributed by atoms with van der Waals surface area (Å²) in [5, 5.41) is 11.1. The van der Waals surface area contributed by atoms with E-state index in [0.717, 1.165) is 6.29 Å². The third kappa shape index (κ3) is 22.9.